The lowest BCUT2D eigenvalue weighted by Crippen LogP contribution is -2.24. The largest absolute Gasteiger partial charge is 0.0853 e. The molecule has 0 heteroatoms. The van der Waals surface area contributed by atoms with E-state index in [1.165, 1.54) is 57.8 Å². The molecule has 0 heterocycles. The van der Waals surface area contributed by atoms with Gasteiger partial charge in [0.15, 0.2) is 0 Å². The molecule has 0 aliphatic heterocycles. The number of hydrogen-bond donors (Lipinski definition) is 0. The third kappa shape index (κ3) is 3.66. The van der Waals surface area contributed by atoms with Crippen LogP contribution in [0.3, 0.4) is 0 Å². The summed E-state index contributed by atoms with van der Waals surface area (Å²) in [6, 6.07) is 0. The minimum Gasteiger partial charge on any atom is -0.0853 e. The Labute approximate surface area is 96.2 Å². The van der Waals surface area contributed by atoms with Gasteiger partial charge in [-0.1, -0.05) is 51.7 Å². The van der Waals surface area contributed by atoms with Crippen molar-refractivity contribution in [2.24, 2.45) is 5.41 Å². The molecule has 0 aromatic rings. The Morgan fingerprint density at radius 1 is 1.07 bits per heavy atom. The average Bonchev–Trinajstić information content (AvgIpc) is 2.19. The third-order valence-electron chi connectivity index (χ3n) is 3.84. The molecule has 0 saturated carbocycles. The van der Waals surface area contributed by atoms with E-state index in [1.807, 2.05) is 0 Å². The van der Waals surface area contributed by atoms with E-state index in [9.17, 15) is 0 Å². The minimum atomic E-state index is 0.683. The Kier molecular flexibility index (Phi) is 5.42. The van der Waals surface area contributed by atoms with Crippen LogP contribution in [0.2, 0.25) is 0 Å². The van der Waals surface area contributed by atoms with Crippen LogP contribution in [0.15, 0.2) is 11.6 Å². The van der Waals surface area contributed by atoms with E-state index in [-0.39, 0.29) is 0 Å². The fraction of sp³-hybridized carbons (Fsp3) is 0.867. The first kappa shape index (κ1) is 12.8. The molecule has 1 aliphatic carbocycles. The normalized spacial score (nSPS) is 20.1. The highest BCUT2D eigenvalue weighted by Gasteiger charge is 2.30. The van der Waals surface area contributed by atoms with Crippen LogP contribution in [-0.2, 0) is 0 Å². The monoisotopic (exact) mass is 208 g/mol. The van der Waals surface area contributed by atoms with Crippen LogP contribution in [0.4, 0.5) is 0 Å². The molecule has 0 unspecified atom stereocenters. The van der Waals surface area contributed by atoms with Crippen molar-refractivity contribution in [3.63, 3.8) is 0 Å². The average molecular weight is 208 g/mol. The van der Waals surface area contributed by atoms with Gasteiger partial charge in [-0.25, -0.2) is 0 Å². The van der Waals surface area contributed by atoms with Crippen LogP contribution < -0.4 is 0 Å². The molecule has 1 aliphatic rings. The van der Waals surface area contributed by atoms with E-state index >= 15 is 0 Å². The van der Waals surface area contributed by atoms with Gasteiger partial charge in [0.25, 0.3) is 0 Å². The standard InChI is InChI=1S/C15H28/c1-4-8-14-9-7-12-15(13-14,10-5-2)11-6-3/h9H,4-8,10-13H2,1-3H3. The summed E-state index contributed by atoms with van der Waals surface area (Å²) < 4.78 is 0. The van der Waals surface area contributed by atoms with E-state index in [1.54, 1.807) is 5.57 Å². The van der Waals surface area contributed by atoms with Gasteiger partial charge in [0.2, 0.25) is 0 Å². The maximum absolute atomic E-state index is 2.52. The van der Waals surface area contributed by atoms with Crippen molar-refractivity contribution >= 4 is 0 Å². The smallest absolute Gasteiger partial charge is 0.0258 e. The highest BCUT2D eigenvalue weighted by atomic mass is 14.4. The second kappa shape index (κ2) is 6.35. The van der Waals surface area contributed by atoms with Crippen molar-refractivity contribution < 1.29 is 0 Å². The van der Waals surface area contributed by atoms with E-state index in [2.05, 4.69) is 26.8 Å². The van der Waals surface area contributed by atoms with Gasteiger partial charge in [-0.3, -0.25) is 0 Å². The number of allylic oxidation sites excluding steroid dienone is 2. The maximum Gasteiger partial charge on any atom is -0.0258 e. The van der Waals surface area contributed by atoms with Crippen LogP contribution in [0, 0.1) is 5.41 Å². The predicted molar refractivity (Wildman–Crippen MR) is 69.1 cm³/mol. The first-order valence-electron chi connectivity index (χ1n) is 6.94. The van der Waals surface area contributed by atoms with Crippen LogP contribution in [0.5, 0.6) is 0 Å². The van der Waals surface area contributed by atoms with Crippen molar-refractivity contribution in [2.75, 3.05) is 0 Å². The highest BCUT2D eigenvalue weighted by Crippen LogP contribution is 2.44. The molecule has 0 aromatic carbocycles. The van der Waals surface area contributed by atoms with Crippen molar-refractivity contribution in [1.29, 1.82) is 0 Å². The summed E-state index contributed by atoms with van der Waals surface area (Å²) in [7, 11) is 0. The van der Waals surface area contributed by atoms with Gasteiger partial charge in [0.1, 0.15) is 0 Å². The van der Waals surface area contributed by atoms with Crippen LogP contribution in [-0.4, -0.2) is 0 Å². The predicted octanol–water partition coefficient (Wildman–Crippen LogP) is 5.48. The molecule has 15 heavy (non-hydrogen) atoms. The van der Waals surface area contributed by atoms with Gasteiger partial charge in [-0.2, -0.15) is 0 Å². The van der Waals surface area contributed by atoms with Gasteiger partial charge in [0.05, 0.1) is 0 Å². The van der Waals surface area contributed by atoms with E-state index in [0.29, 0.717) is 5.41 Å². The zero-order chi connectivity index (χ0) is 11.1. The molecular formula is C15H28. The Hall–Kier alpha value is -0.260. The second-order valence-corrected chi connectivity index (χ2v) is 5.33. The molecule has 0 N–H and O–H groups in total. The third-order valence-corrected chi connectivity index (χ3v) is 3.84. The highest BCUT2D eigenvalue weighted by molar-refractivity contribution is 5.10. The molecule has 0 bridgehead atoms. The Balaban J connectivity index is 2.61. The Morgan fingerprint density at radius 3 is 2.27 bits per heavy atom. The molecule has 0 nitrogen and oxygen atoms in total. The molecule has 88 valence electrons. The molecule has 0 aromatic heterocycles. The van der Waals surface area contributed by atoms with Crippen LogP contribution in [0.1, 0.15) is 78.6 Å². The van der Waals surface area contributed by atoms with Crippen molar-refractivity contribution in [1.82, 2.24) is 0 Å². The van der Waals surface area contributed by atoms with Crippen molar-refractivity contribution in [3.05, 3.63) is 11.6 Å². The fourth-order valence-corrected chi connectivity index (χ4v) is 3.35. The molecule has 0 fully saturated rings. The maximum atomic E-state index is 2.52. The van der Waals surface area contributed by atoms with Crippen molar-refractivity contribution in [3.8, 4) is 0 Å². The summed E-state index contributed by atoms with van der Waals surface area (Å²) in [5.41, 5.74) is 2.44. The first-order chi connectivity index (χ1) is 7.26. The molecule has 0 spiro atoms. The number of hydrogen-bond acceptors (Lipinski definition) is 0. The molecule has 0 saturated heterocycles. The first-order valence-corrected chi connectivity index (χ1v) is 6.94. The van der Waals surface area contributed by atoms with Gasteiger partial charge >= 0.3 is 0 Å². The zero-order valence-corrected chi connectivity index (χ0v) is 10.9. The van der Waals surface area contributed by atoms with Crippen LogP contribution >= 0.6 is 0 Å². The zero-order valence-electron chi connectivity index (χ0n) is 10.9. The quantitative estimate of drug-likeness (QED) is 0.507. The summed E-state index contributed by atoms with van der Waals surface area (Å²) >= 11 is 0. The topological polar surface area (TPSA) is 0 Å². The Morgan fingerprint density at radius 2 is 1.73 bits per heavy atom. The second-order valence-electron chi connectivity index (χ2n) is 5.33. The number of rotatable bonds is 6. The van der Waals surface area contributed by atoms with Gasteiger partial charge in [-0.15, -0.1) is 0 Å². The summed E-state index contributed by atoms with van der Waals surface area (Å²) in [5, 5.41) is 0. The van der Waals surface area contributed by atoms with E-state index < -0.39 is 0 Å². The molecule has 0 amide bonds. The summed E-state index contributed by atoms with van der Waals surface area (Å²) in [6.07, 6.45) is 15.0. The summed E-state index contributed by atoms with van der Waals surface area (Å²) in [6.45, 7) is 6.99. The lowest BCUT2D eigenvalue weighted by atomic mass is 9.68. The lowest BCUT2D eigenvalue weighted by Gasteiger charge is -2.37. The fourth-order valence-electron chi connectivity index (χ4n) is 3.35. The minimum absolute atomic E-state index is 0.683. The van der Waals surface area contributed by atoms with Gasteiger partial charge < -0.3 is 0 Å². The van der Waals surface area contributed by atoms with Crippen molar-refractivity contribution in [2.45, 2.75) is 78.6 Å². The Bertz CT molecular complexity index is 194. The lowest BCUT2D eigenvalue weighted by molar-refractivity contribution is 0.201. The van der Waals surface area contributed by atoms with Gasteiger partial charge in [-0.05, 0) is 43.9 Å². The molecule has 0 radical (unpaired) electrons. The van der Waals surface area contributed by atoms with E-state index in [4.69, 9.17) is 0 Å². The molecular weight excluding hydrogens is 180 g/mol. The summed E-state index contributed by atoms with van der Waals surface area (Å²) in [5.74, 6) is 0. The van der Waals surface area contributed by atoms with Gasteiger partial charge in [0, 0.05) is 0 Å². The molecule has 0 atom stereocenters. The SMILES string of the molecule is CCCC1=CCCC(CCC)(CCC)C1. The van der Waals surface area contributed by atoms with E-state index in [0.717, 1.165) is 0 Å². The summed E-state index contributed by atoms with van der Waals surface area (Å²) in [4.78, 5) is 0. The van der Waals surface area contributed by atoms with Crippen LogP contribution in [0.25, 0.3) is 0 Å². The molecule has 1 rings (SSSR count).